The smallest absolute Gasteiger partial charge is 0.0351 e. The van der Waals surface area contributed by atoms with Gasteiger partial charge in [0, 0.05) is 0 Å². The standard InChI is InChI=1S/C14H25/c1-3-5-7-9-11-13-14-12-10-8-6-4-2/h3,6,8H,1-2,4-5,7,9-14H2. The molecule has 0 bridgehead atoms. The quantitative estimate of drug-likeness (QED) is 0.335. The minimum atomic E-state index is 0.932. The van der Waals surface area contributed by atoms with Gasteiger partial charge in [0.05, 0.1) is 0 Å². The molecule has 0 amide bonds. The molecule has 1 radical (unpaired) electrons. The van der Waals surface area contributed by atoms with Crippen molar-refractivity contribution in [2.24, 2.45) is 0 Å². The normalized spacial score (nSPS) is 10.9. The number of hydrogen-bond donors (Lipinski definition) is 0. The van der Waals surface area contributed by atoms with Gasteiger partial charge in [-0.05, 0) is 39.0 Å². The molecule has 0 rings (SSSR count). The zero-order chi connectivity index (χ0) is 10.5. The fraction of sp³-hybridized carbons (Fsp3) is 0.643. The molecule has 14 heavy (non-hydrogen) atoms. The Hall–Kier alpha value is -0.520. The molecule has 0 aromatic heterocycles. The van der Waals surface area contributed by atoms with Crippen LogP contribution in [-0.4, -0.2) is 0 Å². The van der Waals surface area contributed by atoms with E-state index in [4.69, 9.17) is 0 Å². The van der Waals surface area contributed by atoms with Gasteiger partial charge in [-0.25, -0.2) is 0 Å². The van der Waals surface area contributed by atoms with Crippen molar-refractivity contribution in [3.63, 3.8) is 0 Å². The van der Waals surface area contributed by atoms with E-state index < -0.39 is 0 Å². The Morgan fingerprint density at radius 2 is 1.29 bits per heavy atom. The Kier molecular flexibility index (Phi) is 12.0. The fourth-order valence-electron chi connectivity index (χ4n) is 1.49. The highest BCUT2D eigenvalue weighted by Crippen LogP contribution is 2.08. The Labute approximate surface area is 90.1 Å². The van der Waals surface area contributed by atoms with E-state index in [9.17, 15) is 0 Å². The van der Waals surface area contributed by atoms with Crippen LogP contribution in [0.5, 0.6) is 0 Å². The summed E-state index contributed by atoms with van der Waals surface area (Å²) in [7, 11) is 0. The third-order valence-corrected chi connectivity index (χ3v) is 2.36. The van der Waals surface area contributed by atoms with Crippen LogP contribution in [0, 0.1) is 6.92 Å². The van der Waals surface area contributed by atoms with Gasteiger partial charge in [0.15, 0.2) is 0 Å². The van der Waals surface area contributed by atoms with Gasteiger partial charge in [0.25, 0.3) is 0 Å². The third-order valence-electron chi connectivity index (χ3n) is 2.36. The lowest BCUT2D eigenvalue weighted by molar-refractivity contribution is 0.600. The lowest BCUT2D eigenvalue weighted by Crippen LogP contribution is -1.79. The first-order chi connectivity index (χ1) is 6.91. The van der Waals surface area contributed by atoms with Crippen molar-refractivity contribution in [3.05, 3.63) is 31.7 Å². The van der Waals surface area contributed by atoms with Crippen LogP contribution in [0.3, 0.4) is 0 Å². The van der Waals surface area contributed by atoms with E-state index in [1.807, 2.05) is 6.08 Å². The molecule has 0 spiro atoms. The Morgan fingerprint density at radius 3 is 1.86 bits per heavy atom. The van der Waals surface area contributed by atoms with Crippen molar-refractivity contribution in [2.45, 2.75) is 57.8 Å². The van der Waals surface area contributed by atoms with E-state index in [0.717, 1.165) is 6.42 Å². The second kappa shape index (κ2) is 12.5. The van der Waals surface area contributed by atoms with Crippen LogP contribution in [-0.2, 0) is 0 Å². The third kappa shape index (κ3) is 11.5. The van der Waals surface area contributed by atoms with Crippen molar-refractivity contribution >= 4 is 0 Å². The lowest BCUT2D eigenvalue weighted by atomic mass is 10.1. The summed E-state index contributed by atoms with van der Waals surface area (Å²) < 4.78 is 0. The Bertz CT molecular complexity index is 133. The molecule has 0 nitrogen and oxygen atoms in total. The van der Waals surface area contributed by atoms with Crippen molar-refractivity contribution in [1.82, 2.24) is 0 Å². The Balaban J connectivity index is 2.91. The maximum atomic E-state index is 3.77. The van der Waals surface area contributed by atoms with Crippen molar-refractivity contribution in [3.8, 4) is 0 Å². The van der Waals surface area contributed by atoms with Crippen molar-refractivity contribution < 1.29 is 0 Å². The minimum Gasteiger partial charge on any atom is -0.103 e. The topological polar surface area (TPSA) is 0 Å². The first kappa shape index (κ1) is 13.5. The first-order valence-corrected chi connectivity index (χ1v) is 5.97. The predicted molar refractivity (Wildman–Crippen MR) is 66.2 cm³/mol. The van der Waals surface area contributed by atoms with E-state index in [-0.39, 0.29) is 0 Å². The summed E-state index contributed by atoms with van der Waals surface area (Å²) in [5, 5.41) is 0. The van der Waals surface area contributed by atoms with Gasteiger partial charge in [-0.2, -0.15) is 0 Å². The molecule has 0 saturated heterocycles. The maximum absolute atomic E-state index is 3.77. The molecule has 81 valence electrons. The average molecular weight is 193 g/mol. The second-order valence-corrected chi connectivity index (χ2v) is 3.75. The average Bonchev–Trinajstić information content (AvgIpc) is 2.21. The summed E-state index contributed by atoms with van der Waals surface area (Å²) in [4.78, 5) is 0. The zero-order valence-corrected chi connectivity index (χ0v) is 9.51. The number of rotatable bonds is 10. The highest BCUT2D eigenvalue weighted by Gasteiger charge is 1.89. The highest BCUT2D eigenvalue weighted by molar-refractivity contribution is 4.81. The summed E-state index contributed by atoms with van der Waals surface area (Å²) >= 11 is 0. The van der Waals surface area contributed by atoms with Crippen LogP contribution in [0.25, 0.3) is 0 Å². The van der Waals surface area contributed by atoms with Gasteiger partial charge in [-0.1, -0.05) is 43.9 Å². The summed E-state index contributed by atoms with van der Waals surface area (Å²) in [6.07, 6.45) is 18.0. The Morgan fingerprint density at radius 1 is 0.714 bits per heavy atom. The molecular weight excluding hydrogens is 168 g/mol. The molecule has 0 heteroatoms. The van der Waals surface area contributed by atoms with E-state index in [0.29, 0.717) is 0 Å². The molecule has 0 aromatic rings. The molecule has 0 N–H and O–H groups in total. The minimum absolute atomic E-state index is 0.932. The van der Waals surface area contributed by atoms with Gasteiger partial charge >= 0.3 is 0 Å². The summed E-state index contributed by atoms with van der Waals surface area (Å²) in [6, 6.07) is 0. The van der Waals surface area contributed by atoms with E-state index in [2.05, 4.69) is 25.7 Å². The SMILES string of the molecule is [CH2]CC=CCCCCCCCCC=C. The fourth-order valence-corrected chi connectivity index (χ4v) is 1.49. The van der Waals surface area contributed by atoms with Crippen LogP contribution in [0.15, 0.2) is 24.8 Å². The molecule has 0 aliphatic heterocycles. The van der Waals surface area contributed by atoms with Gasteiger partial charge < -0.3 is 0 Å². The van der Waals surface area contributed by atoms with E-state index in [1.54, 1.807) is 0 Å². The number of hydrogen-bond acceptors (Lipinski definition) is 0. The zero-order valence-electron chi connectivity index (χ0n) is 9.51. The largest absolute Gasteiger partial charge is 0.103 e. The van der Waals surface area contributed by atoms with E-state index in [1.165, 1.54) is 51.4 Å². The number of unbranched alkanes of at least 4 members (excludes halogenated alkanes) is 7. The summed E-state index contributed by atoms with van der Waals surface area (Å²) in [5.41, 5.74) is 0. The van der Waals surface area contributed by atoms with Crippen LogP contribution in [0.2, 0.25) is 0 Å². The van der Waals surface area contributed by atoms with Gasteiger partial charge in [0.1, 0.15) is 0 Å². The van der Waals surface area contributed by atoms with Crippen molar-refractivity contribution in [2.75, 3.05) is 0 Å². The molecular formula is C14H25. The molecule has 0 unspecified atom stereocenters. The summed E-state index contributed by atoms with van der Waals surface area (Å²) in [5.74, 6) is 0. The molecule has 0 saturated carbocycles. The number of allylic oxidation sites excluding steroid dienone is 3. The highest BCUT2D eigenvalue weighted by atomic mass is 14.0. The summed E-state index contributed by atoms with van der Waals surface area (Å²) in [6.45, 7) is 7.49. The molecule has 0 heterocycles. The second-order valence-electron chi connectivity index (χ2n) is 3.75. The predicted octanol–water partition coefficient (Wildman–Crippen LogP) is 5.07. The lowest BCUT2D eigenvalue weighted by Gasteiger charge is -1.98. The monoisotopic (exact) mass is 193 g/mol. The van der Waals surface area contributed by atoms with Gasteiger partial charge in [-0.15, -0.1) is 6.58 Å². The van der Waals surface area contributed by atoms with Crippen LogP contribution >= 0.6 is 0 Å². The van der Waals surface area contributed by atoms with Crippen LogP contribution < -0.4 is 0 Å². The molecule has 0 atom stereocenters. The van der Waals surface area contributed by atoms with Crippen LogP contribution in [0.4, 0.5) is 0 Å². The molecule has 0 aliphatic rings. The molecule has 0 fully saturated rings. The maximum Gasteiger partial charge on any atom is -0.0351 e. The van der Waals surface area contributed by atoms with E-state index >= 15 is 0 Å². The van der Waals surface area contributed by atoms with Crippen LogP contribution in [0.1, 0.15) is 57.8 Å². The van der Waals surface area contributed by atoms with Crippen molar-refractivity contribution in [1.29, 1.82) is 0 Å². The molecule has 0 aliphatic carbocycles. The molecule has 0 aromatic carbocycles. The first-order valence-electron chi connectivity index (χ1n) is 5.97. The van der Waals surface area contributed by atoms with Gasteiger partial charge in [0.2, 0.25) is 0 Å². The van der Waals surface area contributed by atoms with Gasteiger partial charge in [-0.3, -0.25) is 0 Å².